The molecule has 1 aromatic carbocycles. The van der Waals surface area contributed by atoms with Crippen molar-refractivity contribution in [2.75, 3.05) is 26.0 Å². The number of rotatable bonds is 7. The highest BCUT2D eigenvalue weighted by molar-refractivity contribution is 9.10. The van der Waals surface area contributed by atoms with Crippen molar-refractivity contribution in [1.82, 2.24) is 4.72 Å². The molecule has 0 amide bonds. The second-order valence-electron chi connectivity index (χ2n) is 3.85. The van der Waals surface area contributed by atoms with Gasteiger partial charge in [-0.05, 0) is 40.9 Å². The highest BCUT2D eigenvalue weighted by atomic mass is 79.9. The minimum Gasteiger partial charge on any atom is -0.495 e. The van der Waals surface area contributed by atoms with Crippen LogP contribution in [0.4, 0.5) is 5.69 Å². The number of sulfonamides is 1. The normalized spacial score (nSPS) is 11.5. The fourth-order valence-corrected chi connectivity index (χ4v) is 3.02. The summed E-state index contributed by atoms with van der Waals surface area (Å²) in [7, 11) is -2.29. The van der Waals surface area contributed by atoms with Gasteiger partial charge in [-0.3, -0.25) is 0 Å². The number of benzene rings is 1. The first kappa shape index (κ1) is 16.2. The zero-order valence-electron chi connectivity index (χ0n) is 10.5. The van der Waals surface area contributed by atoms with Crippen LogP contribution < -0.4 is 15.2 Å². The maximum Gasteiger partial charge on any atom is 0.244 e. The lowest BCUT2D eigenvalue weighted by molar-refractivity contribution is 0.285. The van der Waals surface area contributed by atoms with Crippen LogP contribution in [0.25, 0.3) is 0 Å². The van der Waals surface area contributed by atoms with E-state index in [1.807, 2.05) is 0 Å². The van der Waals surface area contributed by atoms with E-state index in [2.05, 4.69) is 20.7 Å². The van der Waals surface area contributed by atoms with Gasteiger partial charge < -0.3 is 15.6 Å². The third kappa shape index (κ3) is 4.34. The van der Waals surface area contributed by atoms with Crippen molar-refractivity contribution in [2.24, 2.45) is 0 Å². The van der Waals surface area contributed by atoms with Gasteiger partial charge in [0.2, 0.25) is 10.0 Å². The molecule has 4 N–H and O–H groups in total. The number of unbranched alkanes of at least 4 members (excludes halogenated alkanes) is 1. The Labute approximate surface area is 121 Å². The Morgan fingerprint density at radius 1 is 1.42 bits per heavy atom. The zero-order chi connectivity index (χ0) is 14.5. The lowest BCUT2D eigenvalue weighted by atomic mass is 10.3. The van der Waals surface area contributed by atoms with E-state index in [1.54, 1.807) is 0 Å². The molecule has 1 rings (SSSR count). The molecule has 0 unspecified atom stereocenters. The summed E-state index contributed by atoms with van der Waals surface area (Å²) in [6.45, 7) is 0.290. The van der Waals surface area contributed by atoms with Crippen LogP contribution in [-0.4, -0.2) is 33.8 Å². The Kier molecular flexibility index (Phi) is 6.05. The number of hydrogen-bond acceptors (Lipinski definition) is 5. The number of aliphatic hydroxyl groups excluding tert-OH is 1. The number of nitrogens with one attached hydrogen (secondary N) is 1. The quantitative estimate of drug-likeness (QED) is 0.503. The topological polar surface area (TPSA) is 102 Å². The molecular formula is C11H17BrN2O4S. The van der Waals surface area contributed by atoms with Crippen molar-refractivity contribution in [1.29, 1.82) is 0 Å². The van der Waals surface area contributed by atoms with Gasteiger partial charge in [0, 0.05) is 23.3 Å². The molecule has 0 aliphatic heterocycles. The molecule has 6 nitrogen and oxygen atoms in total. The zero-order valence-corrected chi connectivity index (χ0v) is 12.9. The number of methoxy groups -OCH3 is 1. The van der Waals surface area contributed by atoms with E-state index >= 15 is 0 Å². The predicted octanol–water partition coefficient (Wildman–Crippen LogP) is 1.09. The van der Waals surface area contributed by atoms with Crippen molar-refractivity contribution >= 4 is 31.6 Å². The maximum absolute atomic E-state index is 12.1. The van der Waals surface area contributed by atoms with Crippen molar-refractivity contribution in [3.63, 3.8) is 0 Å². The number of nitrogens with two attached hydrogens (primary N) is 1. The molecule has 0 heterocycles. The van der Waals surface area contributed by atoms with Gasteiger partial charge in [-0.2, -0.15) is 0 Å². The molecule has 0 saturated carbocycles. The molecule has 0 aliphatic carbocycles. The lowest BCUT2D eigenvalue weighted by Crippen LogP contribution is -2.25. The maximum atomic E-state index is 12.1. The van der Waals surface area contributed by atoms with E-state index in [-0.39, 0.29) is 23.8 Å². The molecule has 0 saturated heterocycles. The summed E-state index contributed by atoms with van der Waals surface area (Å²) in [5.74, 6) is 0.218. The van der Waals surface area contributed by atoms with Crippen LogP contribution in [0, 0.1) is 0 Å². The van der Waals surface area contributed by atoms with Crippen LogP contribution in [-0.2, 0) is 10.0 Å². The van der Waals surface area contributed by atoms with Gasteiger partial charge in [-0.15, -0.1) is 0 Å². The van der Waals surface area contributed by atoms with Gasteiger partial charge in [-0.25, -0.2) is 13.1 Å². The van der Waals surface area contributed by atoms with E-state index < -0.39 is 10.0 Å². The molecule has 108 valence electrons. The molecule has 0 radical (unpaired) electrons. The van der Waals surface area contributed by atoms with Crippen LogP contribution in [0.3, 0.4) is 0 Å². The van der Waals surface area contributed by atoms with Crippen molar-refractivity contribution < 1.29 is 18.3 Å². The molecule has 1 aromatic rings. The summed E-state index contributed by atoms with van der Waals surface area (Å²) in [4.78, 5) is -0.000279. The Hall–Kier alpha value is -0.830. The van der Waals surface area contributed by atoms with Crippen LogP contribution >= 0.6 is 15.9 Å². The van der Waals surface area contributed by atoms with Gasteiger partial charge in [0.05, 0.1) is 7.11 Å². The monoisotopic (exact) mass is 352 g/mol. The number of anilines is 1. The SMILES string of the molecule is COc1cc(Br)c(N)cc1S(=O)(=O)NCCCCO. The molecule has 0 aromatic heterocycles. The molecule has 0 bridgehead atoms. The van der Waals surface area contributed by atoms with E-state index in [9.17, 15) is 8.42 Å². The summed E-state index contributed by atoms with van der Waals surface area (Å²) in [6, 6.07) is 2.86. The van der Waals surface area contributed by atoms with Crippen LogP contribution in [0.2, 0.25) is 0 Å². The number of halogens is 1. The Morgan fingerprint density at radius 3 is 2.68 bits per heavy atom. The second-order valence-corrected chi connectivity index (χ2v) is 6.44. The van der Waals surface area contributed by atoms with Gasteiger partial charge in [0.15, 0.2) is 0 Å². The molecule has 0 spiro atoms. The van der Waals surface area contributed by atoms with Crippen molar-refractivity contribution in [2.45, 2.75) is 17.7 Å². The van der Waals surface area contributed by atoms with E-state index in [4.69, 9.17) is 15.6 Å². The Morgan fingerprint density at radius 2 is 2.11 bits per heavy atom. The summed E-state index contributed by atoms with van der Waals surface area (Å²) >= 11 is 3.21. The van der Waals surface area contributed by atoms with E-state index in [0.29, 0.717) is 23.0 Å². The fourth-order valence-electron chi connectivity index (χ4n) is 1.44. The number of ether oxygens (including phenoxy) is 1. The van der Waals surface area contributed by atoms with Crippen LogP contribution in [0.15, 0.2) is 21.5 Å². The van der Waals surface area contributed by atoms with Gasteiger partial charge >= 0.3 is 0 Å². The first-order chi connectivity index (χ1) is 8.92. The highest BCUT2D eigenvalue weighted by Gasteiger charge is 2.20. The van der Waals surface area contributed by atoms with Gasteiger partial charge in [0.25, 0.3) is 0 Å². The fraction of sp³-hybridized carbons (Fsp3) is 0.455. The summed E-state index contributed by atoms with van der Waals surface area (Å²) in [5, 5.41) is 8.64. The summed E-state index contributed by atoms with van der Waals surface area (Å²) in [5.41, 5.74) is 6.01. The molecule has 0 aliphatic rings. The number of nitrogen functional groups attached to an aromatic ring is 1. The van der Waals surface area contributed by atoms with Gasteiger partial charge in [-0.1, -0.05) is 0 Å². The molecule has 19 heavy (non-hydrogen) atoms. The van der Waals surface area contributed by atoms with Crippen LogP contribution in [0.5, 0.6) is 5.75 Å². The Balaban J connectivity index is 2.97. The average molecular weight is 353 g/mol. The summed E-state index contributed by atoms with van der Waals surface area (Å²) in [6.07, 6.45) is 1.10. The molecule has 8 heteroatoms. The standard InChI is InChI=1S/C11H17BrN2O4S/c1-18-10-6-8(12)9(13)7-11(10)19(16,17)14-4-2-3-5-15/h6-7,14-15H,2-5,13H2,1H3. The second kappa shape index (κ2) is 7.09. The number of hydrogen-bond donors (Lipinski definition) is 3. The summed E-state index contributed by atoms with van der Waals surface area (Å²) < 4.78 is 32.3. The molecule has 0 atom stereocenters. The minimum atomic E-state index is -3.68. The Bertz CT molecular complexity index is 534. The van der Waals surface area contributed by atoms with E-state index in [0.717, 1.165) is 0 Å². The van der Waals surface area contributed by atoms with Crippen molar-refractivity contribution in [3.8, 4) is 5.75 Å². The third-order valence-electron chi connectivity index (χ3n) is 2.45. The first-order valence-corrected chi connectivity index (χ1v) is 7.93. The average Bonchev–Trinajstić information content (AvgIpc) is 2.37. The van der Waals surface area contributed by atoms with E-state index in [1.165, 1.54) is 19.2 Å². The minimum absolute atomic E-state index is 0.000279. The predicted molar refractivity (Wildman–Crippen MR) is 76.6 cm³/mol. The molecule has 0 fully saturated rings. The highest BCUT2D eigenvalue weighted by Crippen LogP contribution is 2.32. The lowest BCUT2D eigenvalue weighted by Gasteiger charge is -2.12. The first-order valence-electron chi connectivity index (χ1n) is 5.66. The molecular weight excluding hydrogens is 336 g/mol. The number of aliphatic hydroxyl groups is 1. The van der Waals surface area contributed by atoms with Crippen LogP contribution in [0.1, 0.15) is 12.8 Å². The van der Waals surface area contributed by atoms with Gasteiger partial charge in [0.1, 0.15) is 10.6 Å². The third-order valence-corrected chi connectivity index (χ3v) is 4.62. The van der Waals surface area contributed by atoms with Crippen molar-refractivity contribution in [3.05, 3.63) is 16.6 Å². The largest absolute Gasteiger partial charge is 0.495 e. The smallest absolute Gasteiger partial charge is 0.244 e.